The Hall–Kier alpha value is -5.65. The Morgan fingerprint density at radius 1 is 1.09 bits per heavy atom. The predicted octanol–water partition coefficient (Wildman–Crippen LogP) is 5.34. The highest BCUT2D eigenvalue weighted by Crippen LogP contribution is 2.37. The van der Waals surface area contributed by atoms with E-state index in [0.29, 0.717) is 35.9 Å². The topological polar surface area (TPSA) is 139 Å². The Morgan fingerprint density at radius 2 is 1.92 bits per heavy atom. The van der Waals surface area contributed by atoms with Gasteiger partial charge in [0.05, 0.1) is 22.3 Å². The summed E-state index contributed by atoms with van der Waals surface area (Å²) in [5, 5.41) is 20.4. The number of aromatic nitrogens is 5. The summed E-state index contributed by atoms with van der Waals surface area (Å²) < 4.78 is 18.5. The Bertz CT molecular complexity index is 2400. The first kappa shape index (κ1) is 34.4. The molecule has 1 fully saturated rings. The lowest BCUT2D eigenvalue weighted by Gasteiger charge is -2.29. The first-order chi connectivity index (χ1) is 25.6. The van der Waals surface area contributed by atoms with Gasteiger partial charge in [0.2, 0.25) is 11.8 Å². The molecule has 1 atom stereocenters. The smallest absolute Gasteiger partial charge is 0.255 e. The summed E-state index contributed by atoms with van der Waals surface area (Å²) >= 11 is 7.78. The number of amides is 3. The van der Waals surface area contributed by atoms with Crippen LogP contribution in [0.5, 0.6) is 0 Å². The highest BCUT2D eigenvalue weighted by Gasteiger charge is 2.40. The maximum atomic E-state index is 14.6. The van der Waals surface area contributed by atoms with Crippen LogP contribution >= 0.6 is 22.9 Å². The maximum absolute atomic E-state index is 14.6. The number of benzene rings is 2. The van der Waals surface area contributed by atoms with Crippen molar-refractivity contribution in [3.8, 4) is 16.8 Å². The minimum Gasteiger partial charge on any atom is -0.385 e. The molecule has 3 aliphatic rings. The molecule has 8 rings (SSSR count). The van der Waals surface area contributed by atoms with Crippen LogP contribution in [0.3, 0.4) is 0 Å². The molecule has 1 saturated heterocycles. The average Bonchev–Trinajstić information content (AvgIpc) is 3.88. The monoisotopic (exact) mass is 749 g/mol. The van der Waals surface area contributed by atoms with Gasteiger partial charge in [-0.25, -0.2) is 4.39 Å². The van der Waals surface area contributed by atoms with Crippen LogP contribution < -0.4 is 10.6 Å². The fraction of sp³-hybridized carbons (Fsp3) is 0.289. The average molecular weight is 750 g/mol. The minimum absolute atomic E-state index is 0.157. The number of anilines is 1. The lowest BCUT2D eigenvalue weighted by atomic mass is 10.00. The Morgan fingerprint density at radius 3 is 2.74 bits per heavy atom. The van der Waals surface area contributed by atoms with Crippen LogP contribution in [0.4, 0.5) is 10.1 Å². The van der Waals surface area contributed by atoms with Gasteiger partial charge < -0.3 is 10.2 Å². The molecule has 0 saturated carbocycles. The van der Waals surface area contributed by atoms with Gasteiger partial charge in [0, 0.05) is 65.2 Å². The van der Waals surface area contributed by atoms with E-state index in [9.17, 15) is 18.8 Å². The van der Waals surface area contributed by atoms with Gasteiger partial charge in [-0.15, -0.1) is 21.5 Å². The van der Waals surface area contributed by atoms with E-state index in [1.54, 1.807) is 17.5 Å². The molecule has 6 heterocycles. The molecular weight excluding hydrogens is 717 g/mol. The highest BCUT2D eigenvalue weighted by atomic mass is 35.5. The minimum atomic E-state index is -0.758. The molecule has 2 N–H and O–H groups in total. The van der Waals surface area contributed by atoms with Crippen LogP contribution in [0.25, 0.3) is 5.00 Å². The molecule has 53 heavy (non-hydrogen) atoms. The van der Waals surface area contributed by atoms with E-state index in [1.165, 1.54) is 17.0 Å². The standard InChI is InChI=1S/C38H33ClFN9O3S/c1-21-31(53-38-34(21)35(24-6-8-25(39)9-7-24)42-18-32-46-45-22(2)49(32)38)11-5-23-17-43-47(19-23)14-4-3-13-41-29-16-26(40)15-27-28(29)20-48(37(27)52)30-10-12-33(50)44-36(30)51/h6-9,15-17,19,30,41H,3-4,10,12-14,18,20H2,1-2H3,(H,44,50,51). The first-order valence-electron chi connectivity index (χ1n) is 17.3. The van der Waals surface area contributed by atoms with E-state index in [1.807, 2.05) is 42.1 Å². The summed E-state index contributed by atoms with van der Waals surface area (Å²) in [5.41, 5.74) is 6.09. The number of carbonyl (C=O) groups is 3. The number of carbonyl (C=O) groups excluding carboxylic acids is 3. The molecule has 1 unspecified atom stereocenters. The molecule has 0 aliphatic carbocycles. The molecule has 0 spiro atoms. The third kappa shape index (κ3) is 6.62. The van der Waals surface area contributed by atoms with Crippen molar-refractivity contribution in [1.29, 1.82) is 0 Å². The normalized spacial score (nSPS) is 16.3. The third-order valence-corrected chi connectivity index (χ3v) is 11.1. The number of halogens is 2. The first-order valence-corrected chi connectivity index (χ1v) is 18.4. The van der Waals surface area contributed by atoms with Crippen LogP contribution in [0.2, 0.25) is 5.02 Å². The summed E-state index contributed by atoms with van der Waals surface area (Å²) in [6.07, 6.45) is 5.64. The number of hydrogen-bond donors (Lipinski definition) is 2. The number of piperidine rings is 1. The molecule has 0 bridgehead atoms. The van der Waals surface area contributed by atoms with Crippen molar-refractivity contribution in [2.24, 2.45) is 4.99 Å². The molecule has 3 aromatic heterocycles. The second-order valence-corrected chi connectivity index (χ2v) is 14.6. The zero-order chi connectivity index (χ0) is 36.8. The Balaban J connectivity index is 0.915. The molecular formula is C38H33ClFN9O3S. The van der Waals surface area contributed by atoms with Crippen LogP contribution in [-0.2, 0) is 29.2 Å². The highest BCUT2D eigenvalue weighted by molar-refractivity contribution is 7.15. The fourth-order valence-electron chi connectivity index (χ4n) is 6.98. The number of hydrogen-bond acceptors (Lipinski definition) is 9. The van der Waals surface area contributed by atoms with Gasteiger partial charge in [0.1, 0.15) is 29.2 Å². The zero-order valence-electron chi connectivity index (χ0n) is 28.9. The molecule has 268 valence electrons. The SMILES string of the molecule is Cc1c(C#Cc2cnn(CCCCNc3cc(F)cc4c3CN(C3CCC(=O)NC3=O)C4=O)c2)sc2c1C(c1ccc(Cl)cc1)=NCc1nnc(C)n1-2. The van der Waals surface area contributed by atoms with Crippen LogP contribution in [0.1, 0.15) is 80.4 Å². The lowest BCUT2D eigenvalue weighted by molar-refractivity contribution is -0.136. The van der Waals surface area contributed by atoms with Crippen molar-refractivity contribution >= 4 is 52.1 Å². The molecule has 3 amide bonds. The van der Waals surface area contributed by atoms with Crippen molar-refractivity contribution in [2.45, 2.75) is 65.2 Å². The Labute approximate surface area is 313 Å². The summed E-state index contributed by atoms with van der Waals surface area (Å²) in [7, 11) is 0. The third-order valence-electron chi connectivity index (χ3n) is 9.66. The summed E-state index contributed by atoms with van der Waals surface area (Å²) in [6.45, 7) is 5.80. The quantitative estimate of drug-likeness (QED) is 0.124. The number of unbranched alkanes of at least 4 members (excludes halogenated alkanes) is 1. The summed E-state index contributed by atoms with van der Waals surface area (Å²) in [4.78, 5) is 44.4. The number of rotatable bonds is 8. The van der Waals surface area contributed by atoms with Crippen molar-refractivity contribution in [1.82, 2.24) is 34.8 Å². The van der Waals surface area contributed by atoms with E-state index < -0.39 is 23.7 Å². The number of imide groups is 1. The van der Waals surface area contributed by atoms with Gasteiger partial charge in [0.25, 0.3) is 5.91 Å². The van der Waals surface area contributed by atoms with Gasteiger partial charge in [-0.05, 0) is 62.9 Å². The van der Waals surface area contributed by atoms with E-state index in [2.05, 4.69) is 49.3 Å². The molecule has 0 radical (unpaired) electrons. The van der Waals surface area contributed by atoms with Gasteiger partial charge in [-0.3, -0.25) is 33.9 Å². The molecule has 15 heteroatoms. The van der Waals surface area contributed by atoms with Crippen LogP contribution in [-0.4, -0.2) is 65.5 Å². The summed E-state index contributed by atoms with van der Waals surface area (Å²) in [6, 6.07) is 9.52. The summed E-state index contributed by atoms with van der Waals surface area (Å²) in [5.74, 6) is 6.44. The maximum Gasteiger partial charge on any atom is 0.255 e. The number of aliphatic imine (C=N–C) groups is 1. The second kappa shape index (κ2) is 14.1. The van der Waals surface area contributed by atoms with Gasteiger partial charge >= 0.3 is 0 Å². The van der Waals surface area contributed by atoms with E-state index >= 15 is 0 Å². The largest absolute Gasteiger partial charge is 0.385 e. The number of thiophene rings is 1. The molecule has 12 nitrogen and oxygen atoms in total. The number of nitrogens with zero attached hydrogens (tertiary/aromatic N) is 7. The second-order valence-electron chi connectivity index (χ2n) is 13.2. The predicted molar refractivity (Wildman–Crippen MR) is 198 cm³/mol. The van der Waals surface area contributed by atoms with Crippen molar-refractivity contribution in [2.75, 3.05) is 11.9 Å². The van der Waals surface area contributed by atoms with Crippen LogP contribution in [0, 0.1) is 31.5 Å². The van der Waals surface area contributed by atoms with Gasteiger partial charge in [-0.1, -0.05) is 35.6 Å². The van der Waals surface area contributed by atoms with Crippen molar-refractivity contribution in [3.05, 3.63) is 110 Å². The van der Waals surface area contributed by atoms with Crippen molar-refractivity contribution < 1.29 is 18.8 Å². The number of nitrogens with one attached hydrogen (secondary N) is 2. The molecule has 3 aliphatic heterocycles. The van der Waals surface area contributed by atoms with E-state index in [-0.39, 0.29) is 30.9 Å². The van der Waals surface area contributed by atoms with E-state index in [4.69, 9.17) is 16.6 Å². The lowest BCUT2D eigenvalue weighted by Crippen LogP contribution is -2.52. The Kier molecular flexibility index (Phi) is 9.13. The number of fused-ring (bicyclic) bond motifs is 4. The zero-order valence-corrected chi connectivity index (χ0v) is 30.4. The van der Waals surface area contributed by atoms with Crippen LogP contribution in [0.15, 0.2) is 53.8 Å². The number of aryl methyl sites for hydroxylation is 2. The molecule has 2 aromatic carbocycles. The fourth-order valence-corrected chi connectivity index (χ4v) is 8.34. The molecule has 5 aromatic rings. The van der Waals surface area contributed by atoms with Crippen molar-refractivity contribution in [3.63, 3.8) is 0 Å². The van der Waals surface area contributed by atoms with Gasteiger partial charge in [0.15, 0.2) is 5.82 Å². The van der Waals surface area contributed by atoms with E-state index in [0.717, 1.165) is 62.3 Å². The van der Waals surface area contributed by atoms with Gasteiger partial charge in [-0.2, -0.15) is 5.10 Å².